The summed E-state index contributed by atoms with van der Waals surface area (Å²) in [6.07, 6.45) is 7.86. The van der Waals surface area contributed by atoms with E-state index in [0.29, 0.717) is 12.0 Å². The maximum atomic E-state index is 11.1. The molecular weight excluding hydrogens is 204 g/mol. The molecule has 3 atom stereocenters. The lowest BCUT2D eigenvalue weighted by Crippen LogP contribution is -2.70. The van der Waals surface area contributed by atoms with Crippen LogP contribution < -0.4 is 0 Å². The van der Waals surface area contributed by atoms with Crippen LogP contribution in [0.25, 0.3) is 0 Å². The fourth-order valence-electron chi connectivity index (χ4n) is 3.55. The van der Waals surface area contributed by atoms with Gasteiger partial charge in [0.2, 0.25) is 6.41 Å². The number of rotatable bonds is 3. The zero-order valence-electron chi connectivity index (χ0n) is 9.41. The summed E-state index contributed by atoms with van der Waals surface area (Å²) in [5.41, 5.74) is 0.0342. The van der Waals surface area contributed by atoms with Crippen molar-refractivity contribution < 1.29 is 4.79 Å². The van der Waals surface area contributed by atoms with E-state index in [0.717, 1.165) is 32.2 Å². The van der Waals surface area contributed by atoms with Crippen LogP contribution in [-0.2, 0) is 11.3 Å². The minimum Gasteiger partial charge on any atom is -0.335 e. The van der Waals surface area contributed by atoms with Gasteiger partial charge < -0.3 is 9.47 Å². The molecule has 1 aliphatic carbocycles. The zero-order valence-corrected chi connectivity index (χ0v) is 9.41. The van der Waals surface area contributed by atoms with Crippen LogP contribution in [0, 0.1) is 5.92 Å². The van der Waals surface area contributed by atoms with E-state index >= 15 is 0 Å². The molecule has 5 nitrogen and oxygen atoms in total. The monoisotopic (exact) mass is 220 g/mol. The molecule has 1 aromatic heterocycles. The Labute approximate surface area is 94.5 Å². The van der Waals surface area contributed by atoms with E-state index in [1.165, 1.54) is 0 Å². The molecule has 2 aliphatic heterocycles. The highest BCUT2D eigenvalue weighted by atomic mass is 16.1. The fourth-order valence-corrected chi connectivity index (χ4v) is 3.55. The Balaban J connectivity index is 1.82. The number of hydrogen-bond donors (Lipinski definition) is 0. The van der Waals surface area contributed by atoms with Gasteiger partial charge in [-0.2, -0.15) is 0 Å². The van der Waals surface area contributed by atoms with Crippen LogP contribution >= 0.6 is 0 Å². The second kappa shape index (κ2) is 3.30. The third kappa shape index (κ3) is 1.27. The number of nitrogens with zero attached hydrogens (tertiary/aromatic N) is 4. The van der Waals surface area contributed by atoms with Crippen molar-refractivity contribution in [3.05, 3.63) is 12.7 Å². The van der Waals surface area contributed by atoms with Gasteiger partial charge in [-0.15, -0.1) is 10.2 Å². The first-order valence-electron chi connectivity index (χ1n) is 5.80. The van der Waals surface area contributed by atoms with Crippen LogP contribution in [0.4, 0.5) is 0 Å². The molecule has 5 heteroatoms. The normalized spacial score (nSPS) is 36.9. The Morgan fingerprint density at radius 1 is 1.44 bits per heavy atom. The summed E-state index contributed by atoms with van der Waals surface area (Å²) in [5.74, 6) is 0.714. The Hall–Kier alpha value is -1.39. The Morgan fingerprint density at radius 3 is 2.88 bits per heavy atom. The highest BCUT2D eigenvalue weighted by molar-refractivity contribution is 5.53. The molecule has 0 radical (unpaired) electrons. The van der Waals surface area contributed by atoms with E-state index < -0.39 is 0 Å². The minimum absolute atomic E-state index is 0.0342. The quantitative estimate of drug-likeness (QED) is 0.704. The van der Waals surface area contributed by atoms with Gasteiger partial charge in [-0.3, -0.25) is 4.79 Å². The molecule has 1 amide bonds. The summed E-state index contributed by atoms with van der Waals surface area (Å²) < 4.78 is 1.98. The number of hydrogen-bond acceptors (Lipinski definition) is 3. The lowest BCUT2D eigenvalue weighted by atomic mass is 9.64. The van der Waals surface area contributed by atoms with Gasteiger partial charge in [-0.25, -0.2) is 0 Å². The van der Waals surface area contributed by atoms with Crippen LogP contribution in [0.1, 0.15) is 26.2 Å². The van der Waals surface area contributed by atoms with Gasteiger partial charge in [0, 0.05) is 12.6 Å². The first-order valence-corrected chi connectivity index (χ1v) is 5.80. The molecule has 3 aliphatic rings. The smallest absolute Gasteiger partial charge is 0.210 e. The molecule has 1 saturated carbocycles. The summed E-state index contributed by atoms with van der Waals surface area (Å²) in [5, 5.41) is 7.62. The topological polar surface area (TPSA) is 51.0 Å². The molecule has 3 heterocycles. The van der Waals surface area contributed by atoms with Crippen molar-refractivity contribution in [2.75, 3.05) is 0 Å². The summed E-state index contributed by atoms with van der Waals surface area (Å²) in [4.78, 5) is 13.1. The number of aromatic nitrogens is 3. The average molecular weight is 220 g/mol. The first-order chi connectivity index (χ1) is 7.73. The summed E-state index contributed by atoms with van der Waals surface area (Å²) in [7, 11) is 0. The fraction of sp³-hybridized carbons (Fsp3) is 0.727. The number of carbonyl (C=O) groups is 1. The molecule has 0 spiro atoms. The van der Waals surface area contributed by atoms with E-state index in [1.807, 2.05) is 9.47 Å². The molecule has 0 N–H and O–H groups in total. The van der Waals surface area contributed by atoms with Gasteiger partial charge in [0.1, 0.15) is 12.7 Å². The van der Waals surface area contributed by atoms with E-state index in [2.05, 4.69) is 17.1 Å². The maximum absolute atomic E-state index is 11.1. The largest absolute Gasteiger partial charge is 0.335 e. The van der Waals surface area contributed by atoms with Gasteiger partial charge in [0.25, 0.3) is 0 Å². The molecule has 0 aromatic carbocycles. The summed E-state index contributed by atoms with van der Waals surface area (Å²) in [6.45, 7) is 3.11. The van der Waals surface area contributed by atoms with Crippen LogP contribution in [-0.4, -0.2) is 37.7 Å². The standard InChI is InChI=1S/C11H16N4O/c1-9-2-10-4-11(3-9,15(10)8-16)5-14-6-12-13-7-14/h6-10H,2-5H2,1H3. The third-order valence-corrected chi connectivity index (χ3v) is 4.02. The number of piperidine rings is 1. The van der Waals surface area contributed by atoms with Crippen LogP contribution in [0.5, 0.6) is 0 Å². The van der Waals surface area contributed by atoms with Gasteiger partial charge in [-0.1, -0.05) is 6.92 Å². The molecule has 3 fully saturated rings. The highest BCUT2D eigenvalue weighted by Crippen LogP contribution is 2.49. The molecule has 1 aromatic rings. The van der Waals surface area contributed by atoms with Crippen LogP contribution in [0.15, 0.2) is 12.7 Å². The zero-order chi connectivity index (χ0) is 11.2. The Morgan fingerprint density at radius 2 is 2.19 bits per heavy atom. The third-order valence-electron chi connectivity index (χ3n) is 4.02. The summed E-state index contributed by atoms with van der Waals surface area (Å²) >= 11 is 0. The summed E-state index contributed by atoms with van der Waals surface area (Å²) in [6, 6.07) is 0.470. The Kier molecular flexibility index (Phi) is 2.02. The molecule has 3 unspecified atom stereocenters. The van der Waals surface area contributed by atoms with Crippen molar-refractivity contribution in [3.63, 3.8) is 0 Å². The molecule has 86 valence electrons. The van der Waals surface area contributed by atoms with Crippen molar-refractivity contribution in [1.82, 2.24) is 19.7 Å². The van der Waals surface area contributed by atoms with Gasteiger partial charge in [-0.05, 0) is 25.2 Å². The first kappa shape index (κ1) is 9.81. The van der Waals surface area contributed by atoms with Crippen molar-refractivity contribution in [1.29, 1.82) is 0 Å². The highest BCUT2D eigenvalue weighted by Gasteiger charge is 2.55. The van der Waals surface area contributed by atoms with E-state index in [1.54, 1.807) is 12.7 Å². The molecule has 2 saturated heterocycles. The average Bonchev–Trinajstić information content (AvgIpc) is 2.69. The van der Waals surface area contributed by atoms with E-state index in [4.69, 9.17) is 0 Å². The number of carbonyl (C=O) groups excluding carboxylic acids is 1. The second-order valence-corrected chi connectivity index (χ2v) is 5.27. The number of fused-ring (bicyclic) bond motifs is 2. The van der Waals surface area contributed by atoms with Gasteiger partial charge in [0.15, 0.2) is 0 Å². The van der Waals surface area contributed by atoms with Crippen LogP contribution in [0.3, 0.4) is 0 Å². The van der Waals surface area contributed by atoms with Crippen molar-refractivity contribution in [2.45, 2.75) is 44.3 Å². The SMILES string of the molecule is CC1CC2CC(Cn3cnnc3)(C1)N2C=O. The van der Waals surface area contributed by atoms with Crippen molar-refractivity contribution in [3.8, 4) is 0 Å². The predicted octanol–water partition coefficient (Wildman–Crippen LogP) is 0.677. The predicted molar refractivity (Wildman–Crippen MR) is 57.5 cm³/mol. The van der Waals surface area contributed by atoms with Crippen molar-refractivity contribution in [2.24, 2.45) is 5.92 Å². The molecule has 2 bridgehead atoms. The van der Waals surface area contributed by atoms with Gasteiger partial charge >= 0.3 is 0 Å². The molecule has 4 rings (SSSR count). The lowest BCUT2D eigenvalue weighted by molar-refractivity contribution is -0.160. The maximum Gasteiger partial charge on any atom is 0.210 e. The second-order valence-electron chi connectivity index (χ2n) is 5.27. The lowest BCUT2D eigenvalue weighted by Gasteiger charge is -2.62. The van der Waals surface area contributed by atoms with Gasteiger partial charge in [0.05, 0.1) is 5.54 Å². The van der Waals surface area contributed by atoms with Crippen molar-refractivity contribution >= 4 is 6.41 Å². The van der Waals surface area contributed by atoms with Crippen LogP contribution in [0.2, 0.25) is 0 Å². The van der Waals surface area contributed by atoms with E-state index in [-0.39, 0.29) is 5.54 Å². The number of amides is 1. The minimum atomic E-state index is 0.0342. The molecule has 16 heavy (non-hydrogen) atoms. The van der Waals surface area contributed by atoms with E-state index in [9.17, 15) is 4.79 Å². The Bertz CT molecular complexity index is 391. The molecular formula is C11H16N4O.